The fourth-order valence-electron chi connectivity index (χ4n) is 4.26. The normalized spacial score (nSPS) is 14.1. The predicted molar refractivity (Wildman–Crippen MR) is 153 cm³/mol. The van der Waals surface area contributed by atoms with Gasteiger partial charge in [0.05, 0.1) is 5.69 Å². The zero-order valence-electron chi connectivity index (χ0n) is 22.5. The van der Waals surface area contributed by atoms with Crippen molar-refractivity contribution in [1.82, 2.24) is 0 Å². The number of aryl methyl sites for hydroxylation is 2. The van der Waals surface area contributed by atoms with Crippen molar-refractivity contribution in [3.63, 3.8) is 0 Å². The molecule has 0 aliphatic heterocycles. The summed E-state index contributed by atoms with van der Waals surface area (Å²) in [5.74, 6) is 0.967. The van der Waals surface area contributed by atoms with E-state index < -0.39 is 0 Å². The van der Waals surface area contributed by atoms with Crippen LogP contribution < -0.4 is 10.0 Å². The Morgan fingerprint density at radius 1 is 0.914 bits per heavy atom. The summed E-state index contributed by atoms with van der Waals surface area (Å²) in [4.78, 5) is 4.76. The van der Waals surface area contributed by atoms with E-state index in [2.05, 4.69) is 78.8 Å². The molecule has 0 amide bonds. The fraction of sp³-hybridized carbons (Fsp3) is 0.387. The van der Waals surface area contributed by atoms with Gasteiger partial charge in [-0.25, -0.2) is 0 Å². The average molecular weight is 490 g/mol. The number of hydrogen-bond acceptors (Lipinski definition) is 3. The number of para-hydroxylation sites is 1. The minimum atomic E-state index is -0.101. The first kappa shape index (κ1) is 27.1. The van der Waals surface area contributed by atoms with Crippen molar-refractivity contribution in [3.8, 4) is 5.75 Å². The van der Waals surface area contributed by atoms with E-state index in [1.165, 1.54) is 33.1 Å². The third-order valence-corrected chi connectivity index (χ3v) is 8.59. The summed E-state index contributed by atoms with van der Waals surface area (Å²) in [6.45, 7) is 16.0. The SMILES string of the molecule is CCC(C)(Pc1c(C)cccc1/C=N/c1ccccc1)c1cc(C)cc(C(C)(C)C)c1OCOC. The zero-order valence-corrected chi connectivity index (χ0v) is 23.5. The van der Waals surface area contributed by atoms with Gasteiger partial charge >= 0.3 is 0 Å². The van der Waals surface area contributed by atoms with Crippen LogP contribution in [0.4, 0.5) is 5.69 Å². The topological polar surface area (TPSA) is 30.8 Å². The van der Waals surface area contributed by atoms with E-state index in [1.54, 1.807) is 7.11 Å². The van der Waals surface area contributed by atoms with E-state index in [4.69, 9.17) is 14.5 Å². The van der Waals surface area contributed by atoms with Crippen molar-refractivity contribution in [3.05, 3.63) is 88.5 Å². The molecule has 3 nitrogen and oxygen atoms in total. The number of methoxy groups -OCH3 is 1. The second-order valence-corrected chi connectivity index (χ2v) is 12.3. The summed E-state index contributed by atoms with van der Waals surface area (Å²) in [7, 11) is 2.23. The highest BCUT2D eigenvalue weighted by Gasteiger charge is 2.33. The number of rotatable bonds is 9. The molecule has 35 heavy (non-hydrogen) atoms. The molecule has 0 spiro atoms. The number of nitrogens with zero attached hydrogens (tertiary/aromatic N) is 1. The van der Waals surface area contributed by atoms with Gasteiger partial charge in [0, 0.05) is 35.2 Å². The lowest BCUT2D eigenvalue weighted by molar-refractivity contribution is 0.0487. The summed E-state index contributed by atoms with van der Waals surface area (Å²) >= 11 is 0. The van der Waals surface area contributed by atoms with Gasteiger partial charge in [-0.1, -0.05) is 97.3 Å². The van der Waals surface area contributed by atoms with Crippen molar-refractivity contribution in [1.29, 1.82) is 0 Å². The fourth-order valence-corrected chi connectivity index (χ4v) is 5.88. The Balaban J connectivity index is 2.12. The minimum absolute atomic E-state index is 0.0439. The Hall–Kier alpha value is -2.48. The number of hydrogen-bond donors (Lipinski definition) is 0. The van der Waals surface area contributed by atoms with E-state index in [1.807, 2.05) is 36.5 Å². The van der Waals surface area contributed by atoms with Crippen molar-refractivity contribution in [2.45, 2.75) is 65.5 Å². The number of aliphatic imine (C=N–C) groups is 1. The highest BCUT2D eigenvalue weighted by molar-refractivity contribution is 7.49. The zero-order chi connectivity index (χ0) is 25.6. The molecule has 0 N–H and O–H groups in total. The van der Waals surface area contributed by atoms with Gasteiger partial charge in [0.15, 0.2) is 6.79 Å². The van der Waals surface area contributed by atoms with E-state index in [0.717, 1.165) is 17.9 Å². The molecule has 2 unspecified atom stereocenters. The Bertz CT molecular complexity index is 1160. The molecule has 0 radical (unpaired) electrons. The molecule has 0 aliphatic carbocycles. The molecule has 186 valence electrons. The summed E-state index contributed by atoms with van der Waals surface area (Å²) < 4.78 is 11.6. The molecule has 0 saturated carbocycles. The maximum absolute atomic E-state index is 6.31. The van der Waals surface area contributed by atoms with E-state index >= 15 is 0 Å². The van der Waals surface area contributed by atoms with Gasteiger partial charge in [0.1, 0.15) is 5.75 Å². The summed E-state index contributed by atoms with van der Waals surface area (Å²) in [6.07, 6.45) is 3.01. The molecule has 0 aliphatic rings. The summed E-state index contributed by atoms with van der Waals surface area (Å²) in [5.41, 5.74) is 7.13. The molecule has 0 fully saturated rings. The quantitative estimate of drug-likeness (QED) is 0.173. The average Bonchev–Trinajstić information content (AvgIpc) is 2.83. The molecule has 0 heterocycles. The highest BCUT2D eigenvalue weighted by atomic mass is 31.1. The minimum Gasteiger partial charge on any atom is -0.467 e. The van der Waals surface area contributed by atoms with Crippen LogP contribution in [0, 0.1) is 13.8 Å². The van der Waals surface area contributed by atoms with Gasteiger partial charge in [0.25, 0.3) is 0 Å². The smallest absolute Gasteiger partial charge is 0.188 e. The van der Waals surface area contributed by atoms with Crippen molar-refractivity contribution >= 4 is 25.8 Å². The van der Waals surface area contributed by atoms with Crippen LogP contribution in [0.2, 0.25) is 0 Å². The van der Waals surface area contributed by atoms with Gasteiger partial charge in [-0.05, 0) is 48.7 Å². The van der Waals surface area contributed by atoms with Crippen molar-refractivity contribution in [2.24, 2.45) is 4.99 Å². The molecule has 0 saturated heterocycles. The molecule has 3 rings (SSSR count). The lowest BCUT2D eigenvalue weighted by Crippen LogP contribution is -2.25. The Morgan fingerprint density at radius 2 is 1.60 bits per heavy atom. The number of ether oxygens (including phenoxy) is 2. The van der Waals surface area contributed by atoms with Crippen LogP contribution in [0.15, 0.2) is 65.7 Å². The molecule has 0 bridgehead atoms. The maximum Gasteiger partial charge on any atom is 0.188 e. The summed E-state index contributed by atoms with van der Waals surface area (Å²) in [5, 5.41) is 1.25. The standard InChI is InChI=1S/C31H40NO2P/c1-9-31(7,27-19-22(2)18-26(30(4,5)6)28(27)34-21-33-8)35-29-23(3)14-13-15-24(29)20-32-25-16-11-10-12-17-25/h10-20,35H,9,21H2,1-8H3/b32-20+. The first-order valence-corrected chi connectivity index (χ1v) is 13.3. The largest absolute Gasteiger partial charge is 0.467 e. The monoisotopic (exact) mass is 489 g/mol. The highest BCUT2D eigenvalue weighted by Crippen LogP contribution is 2.50. The van der Waals surface area contributed by atoms with Gasteiger partial charge in [-0.3, -0.25) is 4.99 Å². The molecule has 4 heteroatoms. The summed E-state index contributed by atoms with van der Waals surface area (Å²) in [6, 6.07) is 21.2. The first-order chi connectivity index (χ1) is 16.6. The van der Waals surface area contributed by atoms with E-state index in [-0.39, 0.29) is 17.4 Å². The van der Waals surface area contributed by atoms with Crippen LogP contribution in [-0.4, -0.2) is 20.1 Å². The van der Waals surface area contributed by atoms with Crippen molar-refractivity contribution in [2.75, 3.05) is 13.9 Å². The van der Waals surface area contributed by atoms with Gasteiger partial charge in [-0.2, -0.15) is 0 Å². The Kier molecular flexibility index (Phi) is 8.91. The molecule has 0 aromatic heterocycles. The predicted octanol–water partition coefficient (Wildman–Crippen LogP) is 7.96. The van der Waals surface area contributed by atoms with Gasteiger partial charge in [0.2, 0.25) is 0 Å². The molecule has 3 aromatic rings. The lowest BCUT2D eigenvalue weighted by Gasteiger charge is -2.35. The Labute approximate surface area is 213 Å². The number of benzene rings is 3. The van der Waals surface area contributed by atoms with Crippen LogP contribution >= 0.6 is 8.58 Å². The van der Waals surface area contributed by atoms with E-state index in [9.17, 15) is 0 Å². The van der Waals surface area contributed by atoms with Crippen molar-refractivity contribution < 1.29 is 9.47 Å². The van der Waals surface area contributed by atoms with E-state index in [0.29, 0.717) is 8.58 Å². The Morgan fingerprint density at radius 3 is 2.23 bits per heavy atom. The van der Waals surface area contributed by atoms with Crippen LogP contribution in [0.3, 0.4) is 0 Å². The van der Waals surface area contributed by atoms with Crippen LogP contribution in [0.1, 0.15) is 68.9 Å². The first-order valence-electron chi connectivity index (χ1n) is 12.3. The molecule has 3 aromatic carbocycles. The van der Waals surface area contributed by atoms with Gasteiger partial charge < -0.3 is 9.47 Å². The lowest BCUT2D eigenvalue weighted by atomic mass is 9.81. The second kappa shape index (κ2) is 11.5. The van der Waals surface area contributed by atoms with Crippen LogP contribution in [0.25, 0.3) is 0 Å². The maximum atomic E-state index is 6.31. The third-order valence-electron chi connectivity index (χ3n) is 6.48. The third kappa shape index (κ3) is 6.60. The second-order valence-electron chi connectivity index (χ2n) is 10.4. The molecular weight excluding hydrogens is 449 g/mol. The molecule has 2 atom stereocenters. The van der Waals surface area contributed by atoms with Gasteiger partial charge in [-0.15, -0.1) is 0 Å². The molecular formula is C31H40NO2P. The van der Waals surface area contributed by atoms with Crippen LogP contribution in [-0.2, 0) is 15.3 Å². The van der Waals surface area contributed by atoms with Crippen LogP contribution in [0.5, 0.6) is 5.75 Å².